The summed E-state index contributed by atoms with van der Waals surface area (Å²) in [7, 11) is -9.60. The van der Waals surface area contributed by atoms with E-state index < -0.39 is 50.1 Å². The van der Waals surface area contributed by atoms with Crippen LogP contribution in [0.2, 0.25) is 30.1 Å². The van der Waals surface area contributed by atoms with E-state index in [-0.39, 0.29) is 27.6 Å². The Kier molecular flexibility index (Phi) is 6.92. The third-order valence-corrected chi connectivity index (χ3v) is 7.75. The summed E-state index contributed by atoms with van der Waals surface area (Å²) >= 11 is 35.7. The van der Waals surface area contributed by atoms with Gasteiger partial charge in [-0.2, -0.15) is 16.8 Å². The van der Waals surface area contributed by atoms with Crippen LogP contribution in [0.4, 0.5) is 0 Å². The first-order valence-electron chi connectivity index (χ1n) is 6.44. The first-order valence-corrected chi connectivity index (χ1v) is 11.6. The molecule has 6 nitrogen and oxygen atoms in total. The van der Waals surface area contributed by atoms with Gasteiger partial charge in [0.2, 0.25) is 0 Å². The highest BCUT2D eigenvalue weighted by Gasteiger charge is 2.28. The van der Waals surface area contributed by atoms with Crippen LogP contribution in [0, 0.1) is 0 Å². The maximum Gasteiger partial charge on any atom is 0.297 e. The second-order valence-corrected chi connectivity index (χ2v) is 10.2. The van der Waals surface area contributed by atoms with Crippen molar-refractivity contribution in [3.8, 4) is 0 Å². The smallest absolute Gasteiger partial charge is 0.282 e. The molecule has 0 fully saturated rings. The normalized spacial score (nSPS) is 12.4. The Labute approximate surface area is 184 Å². The van der Waals surface area contributed by atoms with Crippen molar-refractivity contribution in [2.45, 2.75) is 16.2 Å². The maximum absolute atomic E-state index is 11.5. The Morgan fingerprint density at radius 3 is 1.19 bits per heavy atom. The predicted octanol–water partition coefficient (Wildman–Crippen LogP) is 5.69. The van der Waals surface area contributed by atoms with Crippen molar-refractivity contribution in [3.05, 3.63) is 53.4 Å². The molecule has 27 heavy (non-hydrogen) atoms. The third kappa shape index (κ3) is 4.78. The van der Waals surface area contributed by atoms with E-state index in [2.05, 4.69) is 0 Å². The fourth-order valence-corrected chi connectivity index (χ4v) is 6.47. The van der Waals surface area contributed by atoms with Gasteiger partial charge in [0, 0.05) is 16.5 Å². The van der Waals surface area contributed by atoms with Gasteiger partial charge in [-0.1, -0.05) is 69.6 Å². The summed E-state index contributed by atoms with van der Waals surface area (Å²) in [4.78, 5) is -1.58. The molecule has 148 valence electrons. The van der Waals surface area contributed by atoms with Gasteiger partial charge < -0.3 is 0 Å². The Bertz CT molecular complexity index is 1070. The van der Waals surface area contributed by atoms with Gasteiger partial charge in [0.05, 0.1) is 20.1 Å². The van der Waals surface area contributed by atoms with Crippen molar-refractivity contribution in [3.63, 3.8) is 0 Å². The minimum absolute atomic E-state index is 0.0669. The summed E-state index contributed by atoms with van der Waals surface area (Å²) in [5, 5.41) is -2.08. The molecule has 0 atom stereocenters. The lowest BCUT2D eigenvalue weighted by Gasteiger charge is -2.15. The van der Waals surface area contributed by atoms with Crippen LogP contribution in [-0.4, -0.2) is 25.9 Å². The molecule has 0 spiro atoms. The molecule has 0 radical (unpaired) electrons. The molecular formula is C13H6Cl6O6S2. The fourth-order valence-electron chi connectivity index (χ4n) is 2.20. The van der Waals surface area contributed by atoms with E-state index in [9.17, 15) is 25.9 Å². The molecule has 0 saturated heterocycles. The molecule has 2 rings (SSSR count). The molecule has 14 heteroatoms. The summed E-state index contributed by atoms with van der Waals surface area (Å²) in [6.45, 7) is 0. The standard InChI is InChI=1S/C13H6Cl6O6S2/c14-6-2-8(16)12(26(20,21)22)10(18)4(6)1-5-7(15)3-9(17)13(11(5)19)27(23,24)25/h2-3H,1H2,(H,20,21,22)(H,23,24,25). The van der Waals surface area contributed by atoms with E-state index in [0.29, 0.717) is 0 Å². The Hall–Kier alpha value is -0.000000000000000278. The molecular weight excluding hydrogens is 529 g/mol. The topological polar surface area (TPSA) is 109 Å². The predicted molar refractivity (Wildman–Crippen MR) is 105 cm³/mol. The van der Waals surface area contributed by atoms with Crippen LogP contribution in [0.25, 0.3) is 0 Å². The van der Waals surface area contributed by atoms with Gasteiger partial charge in [0.25, 0.3) is 20.2 Å². The van der Waals surface area contributed by atoms with Gasteiger partial charge in [-0.15, -0.1) is 0 Å². The second-order valence-electron chi connectivity index (χ2n) is 5.05. The van der Waals surface area contributed by atoms with E-state index in [1.165, 1.54) is 0 Å². The van der Waals surface area contributed by atoms with Crippen LogP contribution in [-0.2, 0) is 26.7 Å². The number of hydrogen-bond acceptors (Lipinski definition) is 4. The number of benzene rings is 2. The Balaban J connectivity index is 2.80. The van der Waals surface area contributed by atoms with Gasteiger partial charge in [-0.25, -0.2) is 0 Å². The van der Waals surface area contributed by atoms with Crippen LogP contribution in [0.3, 0.4) is 0 Å². The molecule has 2 aromatic rings. The summed E-state index contributed by atoms with van der Waals surface area (Å²) in [5.74, 6) is 0. The number of hydrogen-bond donors (Lipinski definition) is 2. The molecule has 0 aliphatic carbocycles. The lowest BCUT2D eigenvalue weighted by molar-refractivity contribution is 0.481. The van der Waals surface area contributed by atoms with Gasteiger partial charge in [-0.05, 0) is 23.3 Å². The molecule has 0 heterocycles. The van der Waals surface area contributed by atoms with E-state index >= 15 is 0 Å². The van der Waals surface area contributed by atoms with E-state index in [0.717, 1.165) is 12.1 Å². The molecule has 2 aromatic carbocycles. The van der Waals surface area contributed by atoms with Gasteiger partial charge in [-0.3, -0.25) is 9.11 Å². The zero-order chi connectivity index (χ0) is 20.9. The summed E-state index contributed by atoms with van der Waals surface area (Å²) in [6.07, 6.45) is -0.366. The van der Waals surface area contributed by atoms with Gasteiger partial charge in [0.1, 0.15) is 9.79 Å². The van der Waals surface area contributed by atoms with Gasteiger partial charge in [0.15, 0.2) is 0 Å². The van der Waals surface area contributed by atoms with E-state index in [4.69, 9.17) is 69.6 Å². The Morgan fingerprint density at radius 1 is 0.630 bits per heavy atom. The molecule has 2 N–H and O–H groups in total. The first-order chi connectivity index (χ1) is 12.2. The number of rotatable bonds is 4. The largest absolute Gasteiger partial charge is 0.297 e. The van der Waals surface area contributed by atoms with Crippen molar-refractivity contribution in [1.29, 1.82) is 0 Å². The van der Waals surface area contributed by atoms with Crippen LogP contribution in [0.5, 0.6) is 0 Å². The van der Waals surface area contributed by atoms with E-state index in [1.54, 1.807) is 0 Å². The lowest BCUT2D eigenvalue weighted by Crippen LogP contribution is -2.06. The quantitative estimate of drug-likeness (QED) is 0.488. The second kappa shape index (κ2) is 8.02. The zero-order valence-corrected chi connectivity index (χ0v) is 18.6. The highest BCUT2D eigenvalue weighted by atomic mass is 35.5. The summed E-state index contributed by atoms with van der Waals surface area (Å²) < 4.78 is 64.7. The molecule has 0 aliphatic heterocycles. The van der Waals surface area contributed by atoms with Gasteiger partial charge >= 0.3 is 0 Å². The lowest BCUT2D eigenvalue weighted by atomic mass is 10.0. The molecule has 0 aliphatic rings. The number of halogens is 6. The van der Waals surface area contributed by atoms with Crippen molar-refractivity contribution in [2.75, 3.05) is 0 Å². The molecule has 0 aromatic heterocycles. The van der Waals surface area contributed by atoms with E-state index in [1.807, 2.05) is 0 Å². The Morgan fingerprint density at radius 2 is 0.926 bits per heavy atom. The van der Waals surface area contributed by atoms with Crippen molar-refractivity contribution < 1.29 is 25.9 Å². The molecule has 0 amide bonds. The highest BCUT2D eigenvalue weighted by Crippen LogP contribution is 2.42. The van der Waals surface area contributed by atoms with Crippen LogP contribution in [0.1, 0.15) is 11.1 Å². The van der Waals surface area contributed by atoms with Crippen molar-refractivity contribution in [2.24, 2.45) is 0 Å². The van der Waals surface area contributed by atoms with Crippen LogP contribution in [0.15, 0.2) is 21.9 Å². The highest BCUT2D eigenvalue weighted by molar-refractivity contribution is 7.86. The van der Waals surface area contributed by atoms with Crippen LogP contribution >= 0.6 is 69.6 Å². The minimum Gasteiger partial charge on any atom is -0.282 e. The first kappa shape index (κ1) is 23.3. The zero-order valence-electron chi connectivity index (χ0n) is 12.5. The maximum atomic E-state index is 11.5. The van der Waals surface area contributed by atoms with Crippen molar-refractivity contribution >= 4 is 89.8 Å². The molecule has 0 bridgehead atoms. The average molecular weight is 535 g/mol. The fraction of sp³-hybridized carbons (Fsp3) is 0.0769. The van der Waals surface area contributed by atoms with Crippen LogP contribution < -0.4 is 0 Å². The monoisotopic (exact) mass is 532 g/mol. The average Bonchev–Trinajstić information content (AvgIpc) is 2.41. The third-order valence-electron chi connectivity index (χ3n) is 3.32. The molecule has 0 saturated carbocycles. The van der Waals surface area contributed by atoms with Crippen molar-refractivity contribution in [1.82, 2.24) is 0 Å². The SMILES string of the molecule is O=S(=O)(O)c1c(Cl)cc(Cl)c(Cc2c(Cl)cc(Cl)c(S(=O)(=O)O)c2Cl)c1Cl. The summed E-state index contributed by atoms with van der Waals surface area (Å²) in [5.41, 5.74) is -0.134. The molecule has 0 unspecified atom stereocenters. The summed E-state index contributed by atoms with van der Waals surface area (Å²) in [6, 6.07) is 2.05. The minimum atomic E-state index is -4.80.